The van der Waals surface area contributed by atoms with Gasteiger partial charge in [0.15, 0.2) is 5.96 Å². The molecule has 1 aromatic carbocycles. The van der Waals surface area contributed by atoms with E-state index in [1.54, 1.807) is 7.05 Å². The van der Waals surface area contributed by atoms with Crippen molar-refractivity contribution in [3.8, 4) is 0 Å². The molecule has 0 spiro atoms. The number of amides is 1. The number of aliphatic imine (C=N–C) groups is 1. The lowest BCUT2D eigenvalue weighted by molar-refractivity contribution is 0.0773. The number of benzene rings is 1. The number of guanidine groups is 1. The molecule has 0 unspecified atom stereocenters. The average Bonchev–Trinajstić information content (AvgIpc) is 3.01. The first-order valence-electron chi connectivity index (χ1n) is 9.24. The molecule has 0 bridgehead atoms. The molecule has 2 aromatic rings. The molecule has 0 aliphatic rings. The van der Waals surface area contributed by atoms with Crippen molar-refractivity contribution in [3.05, 3.63) is 52.7 Å². The second-order valence-electron chi connectivity index (χ2n) is 6.20. The van der Waals surface area contributed by atoms with E-state index < -0.39 is 0 Å². The Morgan fingerprint density at radius 2 is 1.74 bits per heavy atom. The summed E-state index contributed by atoms with van der Waals surface area (Å²) in [6.07, 6.45) is 0. The van der Waals surface area contributed by atoms with Crippen molar-refractivity contribution >= 4 is 11.9 Å². The highest BCUT2D eigenvalue weighted by molar-refractivity contribution is 5.94. The topological polar surface area (TPSA) is 82.8 Å². The second-order valence-corrected chi connectivity index (χ2v) is 6.20. The third kappa shape index (κ3) is 5.57. The van der Waals surface area contributed by atoms with Gasteiger partial charge >= 0.3 is 0 Å². The molecule has 1 amide bonds. The number of aryl methyl sites for hydroxylation is 2. The number of hydrogen-bond acceptors (Lipinski definition) is 4. The molecule has 7 heteroatoms. The van der Waals surface area contributed by atoms with Crippen LogP contribution in [-0.2, 0) is 13.1 Å². The number of nitrogens with one attached hydrogen (secondary N) is 2. The lowest BCUT2D eigenvalue weighted by atomic mass is 10.1. The number of oxazole rings is 1. The van der Waals surface area contributed by atoms with Crippen LogP contribution in [-0.4, -0.2) is 41.9 Å². The molecule has 1 aromatic heterocycles. The molecule has 2 N–H and O–H groups in total. The predicted molar refractivity (Wildman–Crippen MR) is 107 cm³/mol. The van der Waals surface area contributed by atoms with Gasteiger partial charge in [0.25, 0.3) is 5.91 Å². The lowest BCUT2D eigenvalue weighted by Gasteiger charge is -2.18. The number of nitrogens with zero attached hydrogens (tertiary/aromatic N) is 3. The zero-order valence-electron chi connectivity index (χ0n) is 16.8. The fourth-order valence-electron chi connectivity index (χ4n) is 2.64. The van der Waals surface area contributed by atoms with E-state index >= 15 is 0 Å². The number of rotatable bonds is 7. The molecule has 0 fully saturated rings. The van der Waals surface area contributed by atoms with Crippen LogP contribution in [0.5, 0.6) is 0 Å². The molecule has 27 heavy (non-hydrogen) atoms. The fourth-order valence-corrected chi connectivity index (χ4v) is 2.64. The van der Waals surface area contributed by atoms with E-state index in [9.17, 15) is 4.79 Å². The van der Waals surface area contributed by atoms with Crippen molar-refractivity contribution in [2.24, 2.45) is 4.99 Å². The van der Waals surface area contributed by atoms with Gasteiger partial charge in [0.05, 0.1) is 12.2 Å². The first kappa shape index (κ1) is 20.5. The van der Waals surface area contributed by atoms with E-state index in [-0.39, 0.29) is 5.91 Å². The molecule has 1 heterocycles. The monoisotopic (exact) mass is 371 g/mol. The first-order valence-corrected chi connectivity index (χ1v) is 9.24. The lowest BCUT2D eigenvalue weighted by Crippen LogP contribution is -2.36. The largest absolute Gasteiger partial charge is 0.444 e. The summed E-state index contributed by atoms with van der Waals surface area (Å²) in [6, 6.07) is 7.65. The van der Waals surface area contributed by atoms with E-state index in [4.69, 9.17) is 4.42 Å². The highest BCUT2D eigenvalue weighted by atomic mass is 16.4. The summed E-state index contributed by atoms with van der Waals surface area (Å²) < 4.78 is 5.55. The maximum Gasteiger partial charge on any atom is 0.253 e. The third-order valence-electron chi connectivity index (χ3n) is 4.41. The van der Waals surface area contributed by atoms with Crippen LogP contribution in [0.1, 0.15) is 47.1 Å². The number of carbonyl (C=O) groups excluding carboxylic acids is 1. The second kappa shape index (κ2) is 9.75. The Morgan fingerprint density at radius 3 is 2.26 bits per heavy atom. The molecule has 0 saturated heterocycles. The molecule has 0 saturated carbocycles. The Kier molecular flexibility index (Phi) is 7.40. The van der Waals surface area contributed by atoms with Gasteiger partial charge in [-0.15, -0.1) is 0 Å². The highest BCUT2D eigenvalue weighted by Crippen LogP contribution is 2.09. The van der Waals surface area contributed by atoms with Gasteiger partial charge in [-0.25, -0.2) is 4.98 Å². The van der Waals surface area contributed by atoms with Gasteiger partial charge in [0, 0.05) is 32.2 Å². The molecule has 0 radical (unpaired) electrons. The fraction of sp³-hybridized carbons (Fsp3) is 0.450. The summed E-state index contributed by atoms with van der Waals surface area (Å²) in [7, 11) is 1.72. The van der Waals surface area contributed by atoms with Crippen LogP contribution in [0.3, 0.4) is 0 Å². The van der Waals surface area contributed by atoms with E-state index in [0.29, 0.717) is 43.6 Å². The molecule has 0 aliphatic carbocycles. The summed E-state index contributed by atoms with van der Waals surface area (Å²) in [5, 5.41) is 6.42. The van der Waals surface area contributed by atoms with Crippen LogP contribution in [0.2, 0.25) is 0 Å². The van der Waals surface area contributed by atoms with Crippen molar-refractivity contribution in [2.75, 3.05) is 20.1 Å². The summed E-state index contributed by atoms with van der Waals surface area (Å²) in [4.78, 5) is 22.7. The van der Waals surface area contributed by atoms with Crippen molar-refractivity contribution in [1.29, 1.82) is 0 Å². The maximum atomic E-state index is 12.3. The van der Waals surface area contributed by atoms with Gasteiger partial charge in [-0.05, 0) is 45.4 Å². The van der Waals surface area contributed by atoms with Gasteiger partial charge < -0.3 is 20.0 Å². The van der Waals surface area contributed by atoms with Crippen LogP contribution < -0.4 is 10.6 Å². The molecule has 0 atom stereocenters. The Labute approximate surface area is 160 Å². The highest BCUT2D eigenvalue weighted by Gasteiger charge is 2.12. The summed E-state index contributed by atoms with van der Waals surface area (Å²) in [5.41, 5.74) is 2.67. The maximum absolute atomic E-state index is 12.3. The molecule has 146 valence electrons. The van der Waals surface area contributed by atoms with Crippen LogP contribution in [0.15, 0.2) is 33.7 Å². The quantitative estimate of drug-likeness (QED) is 0.577. The molecular weight excluding hydrogens is 342 g/mol. The van der Waals surface area contributed by atoms with E-state index in [2.05, 4.69) is 20.6 Å². The van der Waals surface area contributed by atoms with Crippen LogP contribution in [0, 0.1) is 13.8 Å². The summed E-state index contributed by atoms with van der Waals surface area (Å²) in [6.45, 7) is 10.3. The zero-order valence-corrected chi connectivity index (χ0v) is 16.8. The first-order chi connectivity index (χ1) is 13.0. The minimum absolute atomic E-state index is 0.0634. The average molecular weight is 371 g/mol. The number of carbonyl (C=O) groups is 1. The van der Waals surface area contributed by atoms with Crippen molar-refractivity contribution in [1.82, 2.24) is 20.5 Å². The van der Waals surface area contributed by atoms with E-state index in [0.717, 1.165) is 17.0 Å². The van der Waals surface area contributed by atoms with Crippen LogP contribution >= 0.6 is 0 Å². The van der Waals surface area contributed by atoms with Gasteiger partial charge in [-0.1, -0.05) is 12.1 Å². The van der Waals surface area contributed by atoms with Gasteiger partial charge in [0.2, 0.25) is 5.89 Å². The van der Waals surface area contributed by atoms with Crippen LogP contribution in [0.25, 0.3) is 0 Å². The third-order valence-corrected chi connectivity index (χ3v) is 4.41. The Morgan fingerprint density at radius 1 is 1.11 bits per heavy atom. The van der Waals surface area contributed by atoms with E-state index in [1.165, 1.54) is 0 Å². The summed E-state index contributed by atoms with van der Waals surface area (Å²) in [5.74, 6) is 2.18. The zero-order chi connectivity index (χ0) is 19.8. The minimum atomic E-state index is 0.0634. The molecule has 2 rings (SSSR count). The minimum Gasteiger partial charge on any atom is -0.444 e. The van der Waals surface area contributed by atoms with Crippen LogP contribution in [0.4, 0.5) is 0 Å². The standard InChI is InChI=1S/C20H29N5O2/c1-6-25(7-2)19(26)17-10-8-16(9-11-17)12-22-20(21-5)23-13-18-24-14(3)15(4)27-18/h8-11H,6-7,12-13H2,1-5H3,(H2,21,22,23). The van der Waals surface area contributed by atoms with E-state index in [1.807, 2.05) is 56.9 Å². The van der Waals surface area contributed by atoms with Crippen molar-refractivity contribution < 1.29 is 9.21 Å². The van der Waals surface area contributed by atoms with Crippen molar-refractivity contribution in [3.63, 3.8) is 0 Å². The summed E-state index contributed by atoms with van der Waals surface area (Å²) >= 11 is 0. The predicted octanol–water partition coefficient (Wildman–Crippen LogP) is 2.64. The number of aromatic nitrogens is 1. The Balaban J connectivity index is 1.88. The molecular formula is C20H29N5O2. The Bertz CT molecular complexity index is 757. The normalized spacial score (nSPS) is 11.4. The van der Waals surface area contributed by atoms with Gasteiger partial charge in [0.1, 0.15) is 5.76 Å². The van der Waals surface area contributed by atoms with Gasteiger partial charge in [-0.3, -0.25) is 9.79 Å². The Hall–Kier alpha value is -2.83. The van der Waals surface area contributed by atoms with Crippen molar-refractivity contribution in [2.45, 2.75) is 40.8 Å². The number of hydrogen-bond donors (Lipinski definition) is 2. The molecule has 0 aliphatic heterocycles. The smallest absolute Gasteiger partial charge is 0.253 e. The SMILES string of the molecule is CCN(CC)C(=O)c1ccc(CNC(=NC)NCc2nc(C)c(C)o2)cc1. The molecule has 7 nitrogen and oxygen atoms in total. The van der Waals surface area contributed by atoms with Gasteiger partial charge in [-0.2, -0.15) is 0 Å².